The zero-order valence-electron chi connectivity index (χ0n) is 14.2. The van der Waals surface area contributed by atoms with E-state index < -0.39 is 23.5 Å². The summed E-state index contributed by atoms with van der Waals surface area (Å²) in [5.41, 5.74) is -5.83. The number of imidazole rings is 1. The molecule has 0 saturated carbocycles. The van der Waals surface area contributed by atoms with Crippen LogP contribution in [-0.4, -0.2) is 38.3 Å². The van der Waals surface area contributed by atoms with E-state index in [0.29, 0.717) is 24.0 Å². The van der Waals surface area contributed by atoms with E-state index in [0.717, 1.165) is 12.1 Å². The fourth-order valence-corrected chi connectivity index (χ4v) is 2.76. The Morgan fingerprint density at radius 1 is 0.897 bits per heavy atom. The minimum Gasteiger partial charge on any atom is -0.369 e. The lowest BCUT2D eigenvalue weighted by molar-refractivity contribution is -0.376. The average Bonchev–Trinajstić information content (AvgIpc) is 3.10. The van der Waals surface area contributed by atoms with Gasteiger partial charge in [0.05, 0.1) is 6.20 Å². The number of aliphatic hydroxyl groups is 1. The Kier molecular flexibility index (Phi) is 4.95. The van der Waals surface area contributed by atoms with Crippen molar-refractivity contribution in [3.63, 3.8) is 0 Å². The summed E-state index contributed by atoms with van der Waals surface area (Å²) in [5.74, 6) is 0.226. The van der Waals surface area contributed by atoms with Crippen molar-refractivity contribution in [2.75, 3.05) is 0 Å². The third-order valence-corrected chi connectivity index (χ3v) is 4.21. The van der Waals surface area contributed by atoms with Gasteiger partial charge in [-0.1, -0.05) is 12.1 Å². The van der Waals surface area contributed by atoms with E-state index in [1.807, 2.05) is 0 Å². The van der Waals surface area contributed by atoms with Gasteiger partial charge in [0.2, 0.25) is 0 Å². The van der Waals surface area contributed by atoms with Gasteiger partial charge in [0.1, 0.15) is 11.5 Å². The SMILES string of the molecule is O=Cc1cnc(-c2ccncc2)n1-c1ccc(C(O)(C(F)(F)F)C(F)(F)F)cc1. The molecule has 5 nitrogen and oxygen atoms in total. The lowest BCUT2D eigenvalue weighted by Gasteiger charge is -2.32. The quantitative estimate of drug-likeness (QED) is 0.516. The number of nitrogens with zero attached hydrogens (tertiary/aromatic N) is 3. The van der Waals surface area contributed by atoms with Crippen molar-refractivity contribution in [2.24, 2.45) is 0 Å². The van der Waals surface area contributed by atoms with Crippen LogP contribution in [0.3, 0.4) is 0 Å². The number of carbonyl (C=O) groups is 1. The van der Waals surface area contributed by atoms with Crippen LogP contribution >= 0.6 is 0 Å². The maximum absolute atomic E-state index is 13.0. The molecule has 0 spiro atoms. The molecular formula is C18H11F6N3O2. The molecule has 0 aliphatic heterocycles. The number of hydrogen-bond acceptors (Lipinski definition) is 4. The monoisotopic (exact) mass is 415 g/mol. The van der Waals surface area contributed by atoms with Gasteiger partial charge in [0.15, 0.2) is 6.29 Å². The summed E-state index contributed by atoms with van der Waals surface area (Å²) in [6, 6.07) is 5.98. The second kappa shape index (κ2) is 6.99. The van der Waals surface area contributed by atoms with E-state index in [9.17, 15) is 36.2 Å². The molecule has 0 unspecified atom stereocenters. The highest BCUT2D eigenvalue weighted by atomic mass is 19.4. The van der Waals surface area contributed by atoms with Gasteiger partial charge < -0.3 is 5.11 Å². The van der Waals surface area contributed by atoms with Gasteiger partial charge in [-0.25, -0.2) is 4.98 Å². The van der Waals surface area contributed by atoms with E-state index >= 15 is 0 Å². The van der Waals surface area contributed by atoms with E-state index in [1.165, 1.54) is 23.2 Å². The van der Waals surface area contributed by atoms with Gasteiger partial charge in [-0.05, 0) is 24.3 Å². The predicted octanol–water partition coefficient (Wildman–Crippen LogP) is 4.06. The van der Waals surface area contributed by atoms with Crippen LogP contribution in [0.15, 0.2) is 55.0 Å². The van der Waals surface area contributed by atoms with Crippen LogP contribution in [0.2, 0.25) is 0 Å². The largest absolute Gasteiger partial charge is 0.430 e. The summed E-state index contributed by atoms with van der Waals surface area (Å²) >= 11 is 0. The highest BCUT2D eigenvalue weighted by Gasteiger charge is 2.71. The van der Waals surface area contributed by atoms with Crippen LogP contribution < -0.4 is 0 Å². The van der Waals surface area contributed by atoms with Gasteiger partial charge >= 0.3 is 12.4 Å². The number of rotatable bonds is 4. The second-order valence-electron chi connectivity index (χ2n) is 5.95. The molecule has 2 aromatic heterocycles. The maximum Gasteiger partial charge on any atom is 0.430 e. The first-order valence-corrected chi connectivity index (χ1v) is 7.90. The highest BCUT2D eigenvalue weighted by molar-refractivity contribution is 5.76. The summed E-state index contributed by atoms with van der Waals surface area (Å²) in [5, 5.41) is 9.48. The Morgan fingerprint density at radius 2 is 1.45 bits per heavy atom. The Bertz CT molecular complexity index is 997. The van der Waals surface area contributed by atoms with Crippen LogP contribution in [-0.2, 0) is 5.60 Å². The number of aromatic nitrogens is 3. The van der Waals surface area contributed by atoms with Crippen LogP contribution in [0, 0.1) is 0 Å². The zero-order chi connectivity index (χ0) is 21.4. The molecule has 11 heteroatoms. The van der Waals surface area contributed by atoms with Crippen LogP contribution in [0.25, 0.3) is 17.1 Å². The molecule has 2 heterocycles. The van der Waals surface area contributed by atoms with Crippen LogP contribution in [0.5, 0.6) is 0 Å². The number of hydrogen-bond donors (Lipinski definition) is 1. The third kappa shape index (κ3) is 3.37. The Morgan fingerprint density at radius 3 is 1.93 bits per heavy atom. The topological polar surface area (TPSA) is 68.0 Å². The van der Waals surface area contributed by atoms with Crippen molar-refractivity contribution >= 4 is 6.29 Å². The molecule has 0 aliphatic rings. The standard InChI is InChI=1S/C18H11F6N3O2/c19-17(20,21)16(29,18(22,23)24)12-1-3-13(4-2-12)27-14(10-28)9-26-15(27)11-5-7-25-8-6-11/h1-10,29H. The van der Waals surface area contributed by atoms with Gasteiger partial charge in [0.25, 0.3) is 5.60 Å². The molecule has 0 bridgehead atoms. The summed E-state index contributed by atoms with van der Waals surface area (Å²) in [4.78, 5) is 19.2. The summed E-state index contributed by atoms with van der Waals surface area (Å²) in [7, 11) is 0. The molecule has 1 N–H and O–H groups in total. The van der Waals surface area contributed by atoms with E-state index in [1.54, 1.807) is 12.1 Å². The fourth-order valence-electron chi connectivity index (χ4n) is 2.76. The number of pyridine rings is 1. The molecule has 0 atom stereocenters. The summed E-state index contributed by atoms with van der Waals surface area (Å²) in [6.45, 7) is 0. The van der Waals surface area contributed by atoms with E-state index in [2.05, 4.69) is 9.97 Å². The minimum absolute atomic E-state index is 0.0199. The summed E-state index contributed by atoms with van der Waals surface area (Å²) in [6.07, 6.45) is -7.43. The van der Waals surface area contributed by atoms with Crippen molar-refractivity contribution in [3.8, 4) is 17.1 Å². The second-order valence-corrected chi connectivity index (χ2v) is 5.95. The number of alkyl halides is 6. The first kappa shape index (κ1) is 20.5. The van der Waals surface area contributed by atoms with Crippen LogP contribution in [0.4, 0.5) is 26.3 Å². The van der Waals surface area contributed by atoms with Gasteiger partial charge in [-0.3, -0.25) is 14.3 Å². The molecule has 0 saturated heterocycles. The Balaban J connectivity index is 2.13. The smallest absolute Gasteiger partial charge is 0.369 e. The number of halogens is 6. The predicted molar refractivity (Wildman–Crippen MR) is 88.2 cm³/mol. The molecule has 152 valence electrons. The van der Waals surface area contributed by atoms with E-state index in [4.69, 9.17) is 0 Å². The third-order valence-electron chi connectivity index (χ3n) is 4.21. The first-order chi connectivity index (χ1) is 13.5. The highest BCUT2D eigenvalue weighted by Crippen LogP contribution is 2.50. The molecule has 0 amide bonds. The zero-order valence-corrected chi connectivity index (χ0v) is 14.2. The Labute approximate surface area is 159 Å². The lowest BCUT2D eigenvalue weighted by atomic mass is 9.92. The Hall–Kier alpha value is -3.21. The average molecular weight is 415 g/mol. The van der Waals surface area contributed by atoms with Crippen molar-refractivity contribution in [2.45, 2.75) is 18.0 Å². The van der Waals surface area contributed by atoms with Crippen molar-refractivity contribution < 1.29 is 36.2 Å². The molecule has 0 aliphatic carbocycles. The first-order valence-electron chi connectivity index (χ1n) is 7.90. The van der Waals surface area contributed by atoms with Crippen molar-refractivity contribution in [3.05, 3.63) is 66.2 Å². The number of aldehydes is 1. The molecule has 3 aromatic rings. The summed E-state index contributed by atoms with van der Waals surface area (Å²) < 4.78 is 79.4. The number of carbonyl (C=O) groups excluding carboxylic acids is 1. The molecule has 29 heavy (non-hydrogen) atoms. The maximum atomic E-state index is 13.0. The van der Waals surface area contributed by atoms with E-state index in [-0.39, 0.29) is 17.2 Å². The minimum atomic E-state index is -5.99. The van der Waals surface area contributed by atoms with Gasteiger partial charge in [-0.2, -0.15) is 26.3 Å². The fraction of sp³-hybridized carbons (Fsp3) is 0.167. The number of benzene rings is 1. The molecule has 0 fully saturated rings. The molecular weight excluding hydrogens is 404 g/mol. The molecule has 0 radical (unpaired) electrons. The normalized spacial score (nSPS) is 12.8. The molecule has 1 aromatic carbocycles. The van der Waals surface area contributed by atoms with Crippen LogP contribution in [0.1, 0.15) is 16.1 Å². The lowest BCUT2D eigenvalue weighted by Crippen LogP contribution is -2.53. The van der Waals surface area contributed by atoms with Gasteiger partial charge in [-0.15, -0.1) is 0 Å². The molecule has 3 rings (SSSR count). The van der Waals surface area contributed by atoms with Crippen molar-refractivity contribution in [1.29, 1.82) is 0 Å². The van der Waals surface area contributed by atoms with Crippen molar-refractivity contribution in [1.82, 2.24) is 14.5 Å². The van der Waals surface area contributed by atoms with Gasteiger partial charge in [0, 0.05) is 29.2 Å².